The summed E-state index contributed by atoms with van der Waals surface area (Å²) in [5.74, 6) is 1.59. The van der Waals surface area contributed by atoms with E-state index in [1.165, 1.54) is 0 Å². The first-order valence-corrected chi connectivity index (χ1v) is 8.95. The highest BCUT2D eigenvalue weighted by molar-refractivity contribution is 7.15. The van der Waals surface area contributed by atoms with E-state index in [4.69, 9.17) is 4.98 Å². The summed E-state index contributed by atoms with van der Waals surface area (Å²) >= 11 is 1.70. The summed E-state index contributed by atoms with van der Waals surface area (Å²) in [6.45, 7) is 7.38. The van der Waals surface area contributed by atoms with E-state index in [1.54, 1.807) is 11.3 Å². The number of aromatic nitrogens is 4. The number of fused-ring (bicyclic) bond motifs is 1. The van der Waals surface area contributed by atoms with Crippen molar-refractivity contribution in [2.24, 2.45) is 0 Å². The Morgan fingerprint density at radius 2 is 2.00 bits per heavy atom. The highest BCUT2D eigenvalue weighted by atomic mass is 35.5. The zero-order valence-electron chi connectivity index (χ0n) is 14.6. The largest absolute Gasteiger partial charge is 0.412 e. The lowest BCUT2D eigenvalue weighted by molar-refractivity contribution is 0.371. The number of hydrogen-bond donors (Lipinski definition) is 2. The van der Waals surface area contributed by atoms with Gasteiger partial charge < -0.3 is 15.8 Å². The van der Waals surface area contributed by atoms with Crippen LogP contribution in [-0.2, 0) is 0 Å². The van der Waals surface area contributed by atoms with Crippen LogP contribution < -0.4 is 5.32 Å². The predicted octanol–water partition coefficient (Wildman–Crippen LogP) is 3.10. The molecule has 136 valence electrons. The van der Waals surface area contributed by atoms with Crippen molar-refractivity contribution in [3.8, 4) is 22.0 Å². The number of H-pyrrole nitrogens is 1. The topological polar surface area (TPSA) is 98.0 Å². The Bertz CT molecular complexity index is 817. The standard InChI is InChI=1S/C17H21N5S.ClH.H2O/c1-9-6-12(4-5-18-9)17-19-8-15-13(22-17)7-14(21-15)16-10(2)20-11(3)23-16;;/h7-9,12,18H,4-6H2,1-3H3,(H,19,22);1H;1H2. The second-order valence-corrected chi connectivity index (χ2v) is 7.64. The van der Waals surface area contributed by atoms with Crippen LogP contribution >= 0.6 is 23.7 Å². The Morgan fingerprint density at radius 1 is 1.20 bits per heavy atom. The molecular formula is C17H24ClN5OS. The zero-order chi connectivity index (χ0) is 16.0. The molecule has 0 saturated carbocycles. The lowest BCUT2D eigenvalue weighted by Gasteiger charge is -2.27. The number of aryl methyl sites for hydroxylation is 2. The van der Waals surface area contributed by atoms with Crippen molar-refractivity contribution >= 4 is 23.7 Å². The highest BCUT2D eigenvalue weighted by Gasteiger charge is 2.23. The van der Waals surface area contributed by atoms with E-state index in [2.05, 4.69) is 33.3 Å². The molecule has 0 amide bonds. The van der Waals surface area contributed by atoms with Gasteiger partial charge in [-0.25, -0.2) is 15.0 Å². The molecule has 0 aromatic carbocycles. The van der Waals surface area contributed by atoms with Gasteiger partial charge in [0.1, 0.15) is 11.5 Å². The normalized spacial score (nSPS) is 20.1. The molecule has 1 aromatic heterocycles. The number of hydrogen-bond acceptors (Lipinski definition) is 5. The number of halogens is 1. The smallest absolute Gasteiger partial charge is 0.109 e. The lowest BCUT2D eigenvalue weighted by Crippen LogP contribution is -2.35. The van der Waals surface area contributed by atoms with Gasteiger partial charge in [0.05, 0.1) is 33.2 Å². The van der Waals surface area contributed by atoms with E-state index >= 15 is 0 Å². The molecule has 8 heteroatoms. The van der Waals surface area contributed by atoms with Gasteiger partial charge >= 0.3 is 0 Å². The summed E-state index contributed by atoms with van der Waals surface area (Å²) in [5.41, 5.74) is 4.05. The molecule has 0 radical (unpaired) electrons. The molecule has 4 rings (SSSR count). The summed E-state index contributed by atoms with van der Waals surface area (Å²) in [7, 11) is 0. The van der Waals surface area contributed by atoms with Crippen molar-refractivity contribution in [3.05, 3.63) is 28.8 Å². The van der Waals surface area contributed by atoms with Gasteiger partial charge in [0.25, 0.3) is 0 Å². The first-order valence-electron chi connectivity index (χ1n) is 8.13. The Balaban J connectivity index is 0.00000113. The first-order chi connectivity index (χ1) is 11.1. The minimum atomic E-state index is 0. The van der Waals surface area contributed by atoms with Crippen LogP contribution in [0.1, 0.15) is 42.2 Å². The van der Waals surface area contributed by atoms with Crippen LogP contribution in [-0.4, -0.2) is 38.0 Å². The minimum absolute atomic E-state index is 0. The van der Waals surface area contributed by atoms with Crippen LogP contribution in [0.25, 0.3) is 22.0 Å². The lowest BCUT2D eigenvalue weighted by atomic mass is 9.92. The van der Waals surface area contributed by atoms with Crippen LogP contribution in [0.4, 0.5) is 0 Å². The third kappa shape index (κ3) is 3.84. The maximum absolute atomic E-state index is 4.72. The molecule has 2 atom stereocenters. The summed E-state index contributed by atoms with van der Waals surface area (Å²) in [6, 6.07) is 2.68. The monoisotopic (exact) mass is 381 g/mol. The van der Waals surface area contributed by atoms with Gasteiger partial charge in [-0.2, -0.15) is 0 Å². The third-order valence-electron chi connectivity index (χ3n) is 4.53. The molecule has 0 aliphatic carbocycles. The molecule has 0 spiro atoms. The second-order valence-electron chi connectivity index (χ2n) is 6.43. The third-order valence-corrected chi connectivity index (χ3v) is 5.63. The van der Waals surface area contributed by atoms with E-state index < -0.39 is 0 Å². The van der Waals surface area contributed by atoms with Crippen molar-refractivity contribution in [3.63, 3.8) is 0 Å². The first kappa shape index (κ1) is 19.8. The predicted molar refractivity (Wildman–Crippen MR) is 104 cm³/mol. The van der Waals surface area contributed by atoms with Gasteiger partial charge in [0.2, 0.25) is 0 Å². The van der Waals surface area contributed by atoms with E-state index in [0.29, 0.717) is 12.0 Å². The van der Waals surface area contributed by atoms with Crippen LogP contribution in [0.3, 0.4) is 0 Å². The highest BCUT2D eigenvalue weighted by Crippen LogP contribution is 2.34. The molecule has 3 aliphatic rings. The molecule has 1 aromatic rings. The van der Waals surface area contributed by atoms with E-state index in [0.717, 1.165) is 57.9 Å². The van der Waals surface area contributed by atoms with Crippen molar-refractivity contribution in [1.82, 2.24) is 25.3 Å². The fourth-order valence-electron chi connectivity index (χ4n) is 3.41. The number of nitrogens with one attached hydrogen (secondary N) is 2. The number of nitrogens with zero attached hydrogens (tertiary/aromatic N) is 3. The van der Waals surface area contributed by atoms with Crippen molar-refractivity contribution in [1.29, 1.82) is 0 Å². The molecule has 6 nitrogen and oxygen atoms in total. The fraction of sp³-hybridized carbons (Fsp3) is 0.471. The van der Waals surface area contributed by atoms with Gasteiger partial charge in [-0.15, -0.1) is 23.7 Å². The number of piperidine rings is 1. The molecule has 4 N–H and O–H groups in total. The van der Waals surface area contributed by atoms with Crippen LogP contribution in [0.2, 0.25) is 0 Å². The summed E-state index contributed by atoms with van der Waals surface area (Å²) < 4.78 is 0. The average Bonchev–Trinajstić information content (AvgIpc) is 3.09. The van der Waals surface area contributed by atoms with Gasteiger partial charge in [-0.1, -0.05) is 0 Å². The molecule has 0 bridgehead atoms. The molecule has 1 fully saturated rings. The Labute approximate surface area is 157 Å². The number of rotatable bonds is 2. The summed E-state index contributed by atoms with van der Waals surface area (Å²) in [4.78, 5) is 18.5. The van der Waals surface area contributed by atoms with E-state index in [9.17, 15) is 0 Å². The van der Waals surface area contributed by atoms with Gasteiger partial charge in [-0.3, -0.25) is 0 Å². The van der Waals surface area contributed by atoms with Gasteiger partial charge in [-0.05, 0) is 46.2 Å². The summed E-state index contributed by atoms with van der Waals surface area (Å²) in [6.07, 6.45) is 4.16. The maximum atomic E-state index is 4.72. The van der Waals surface area contributed by atoms with Crippen molar-refractivity contribution in [2.75, 3.05) is 6.54 Å². The minimum Gasteiger partial charge on any atom is -0.412 e. The maximum Gasteiger partial charge on any atom is 0.109 e. The molecule has 25 heavy (non-hydrogen) atoms. The molecule has 4 heterocycles. The SMILES string of the molecule is Cc1nc(C)c(-c2cc3[nH]c(C4CCNC(C)C4)ncc-3n2)s1.Cl.O. The zero-order valence-corrected chi connectivity index (χ0v) is 16.2. The van der Waals surface area contributed by atoms with Crippen LogP contribution in [0.5, 0.6) is 0 Å². The Kier molecular flexibility index (Phi) is 6.16. The number of thiazole rings is 1. The van der Waals surface area contributed by atoms with E-state index in [1.807, 2.05) is 20.0 Å². The number of aromatic amines is 1. The second kappa shape index (κ2) is 7.78. The quantitative estimate of drug-likeness (QED) is 0.712. The van der Waals surface area contributed by atoms with Crippen molar-refractivity contribution < 1.29 is 5.48 Å². The van der Waals surface area contributed by atoms with Gasteiger partial charge in [0.15, 0.2) is 0 Å². The van der Waals surface area contributed by atoms with E-state index in [-0.39, 0.29) is 17.9 Å². The molecular weight excluding hydrogens is 358 g/mol. The van der Waals surface area contributed by atoms with Crippen molar-refractivity contribution in [2.45, 2.75) is 45.6 Å². The van der Waals surface area contributed by atoms with Crippen LogP contribution in [0.15, 0.2) is 12.3 Å². The Morgan fingerprint density at radius 3 is 2.68 bits per heavy atom. The van der Waals surface area contributed by atoms with Crippen LogP contribution in [0, 0.1) is 13.8 Å². The average molecular weight is 382 g/mol. The summed E-state index contributed by atoms with van der Waals surface area (Å²) in [5, 5.41) is 4.57. The molecule has 1 saturated heterocycles. The Hall–Kier alpha value is -1.54. The molecule has 2 unspecified atom stereocenters. The fourth-order valence-corrected chi connectivity index (χ4v) is 4.29. The van der Waals surface area contributed by atoms with Gasteiger partial charge in [0, 0.05) is 12.0 Å². The molecule has 3 aliphatic heterocycles.